The van der Waals surface area contributed by atoms with Crippen LogP contribution in [0.15, 0.2) is 55.0 Å². The van der Waals surface area contributed by atoms with Gasteiger partial charge in [-0.05, 0) is 49.1 Å². The highest BCUT2D eigenvalue weighted by molar-refractivity contribution is 5.61. The van der Waals surface area contributed by atoms with E-state index >= 15 is 0 Å². The predicted molar refractivity (Wildman–Crippen MR) is 120 cm³/mol. The fourth-order valence-electron chi connectivity index (χ4n) is 4.67. The number of nitriles is 1. The van der Waals surface area contributed by atoms with Crippen molar-refractivity contribution in [3.05, 3.63) is 71.9 Å². The standard InChI is InChI=1S/C25H28FN5O/c26-22-6-4-19(5-7-22)15-25(10-1-3-23(25)32)18-29-16-21-17-31(14-2-11-27)30-24(21)20-8-12-28-13-9-20/h4-9,12-13,17,23,29,32H,1-3,10,14-16,18H2. The molecule has 1 aliphatic carbocycles. The molecule has 0 saturated heterocycles. The minimum atomic E-state index is -0.391. The van der Waals surface area contributed by atoms with Gasteiger partial charge in [0.1, 0.15) is 5.82 Å². The molecule has 4 rings (SSSR count). The van der Waals surface area contributed by atoms with Gasteiger partial charge in [-0.3, -0.25) is 9.67 Å². The Kier molecular flexibility index (Phi) is 6.93. The molecule has 32 heavy (non-hydrogen) atoms. The maximum atomic E-state index is 13.3. The topological polar surface area (TPSA) is 86.8 Å². The van der Waals surface area contributed by atoms with Crippen molar-refractivity contribution in [2.45, 2.75) is 51.3 Å². The number of benzene rings is 1. The molecule has 1 fully saturated rings. The van der Waals surface area contributed by atoms with E-state index in [1.54, 1.807) is 12.4 Å². The van der Waals surface area contributed by atoms with Crippen molar-refractivity contribution in [3.8, 4) is 17.3 Å². The number of nitrogens with zero attached hydrogens (tertiary/aromatic N) is 4. The predicted octanol–water partition coefficient (Wildman–Crippen LogP) is 3.86. The Morgan fingerprint density at radius 1 is 1.22 bits per heavy atom. The summed E-state index contributed by atoms with van der Waals surface area (Å²) in [6.07, 6.45) is 8.89. The Morgan fingerprint density at radius 3 is 2.69 bits per heavy atom. The van der Waals surface area contributed by atoms with Crippen molar-refractivity contribution in [2.75, 3.05) is 6.54 Å². The van der Waals surface area contributed by atoms with Crippen molar-refractivity contribution in [1.29, 1.82) is 5.26 Å². The van der Waals surface area contributed by atoms with Crippen LogP contribution in [0.25, 0.3) is 11.3 Å². The monoisotopic (exact) mass is 433 g/mol. The van der Waals surface area contributed by atoms with Gasteiger partial charge in [0.25, 0.3) is 0 Å². The van der Waals surface area contributed by atoms with E-state index in [4.69, 9.17) is 5.26 Å². The van der Waals surface area contributed by atoms with Crippen LogP contribution in [0.5, 0.6) is 0 Å². The van der Waals surface area contributed by atoms with Crippen molar-refractivity contribution in [1.82, 2.24) is 20.1 Å². The van der Waals surface area contributed by atoms with Gasteiger partial charge in [-0.1, -0.05) is 18.6 Å². The Labute approximate surface area is 187 Å². The summed E-state index contributed by atoms with van der Waals surface area (Å²) in [4.78, 5) is 4.09. The summed E-state index contributed by atoms with van der Waals surface area (Å²) >= 11 is 0. The van der Waals surface area contributed by atoms with E-state index < -0.39 is 6.10 Å². The van der Waals surface area contributed by atoms with E-state index in [2.05, 4.69) is 21.5 Å². The first kappa shape index (κ1) is 22.1. The molecule has 1 aliphatic rings. The Hall–Kier alpha value is -3.08. The molecule has 1 aromatic carbocycles. The van der Waals surface area contributed by atoms with E-state index in [9.17, 15) is 9.50 Å². The molecule has 3 aromatic rings. The second kappa shape index (κ2) is 10.0. The largest absolute Gasteiger partial charge is 0.392 e. The fraction of sp³-hybridized carbons (Fsp3) is 0.400. The molecule has 2 N–H and O–H groups in total. The number of halogens is 1. The molecule has 0 spiro atoms. The second-order valence-corrected chi connectivity index (χ2v) is 8.59. The fourth-order valence-corrected chi connectivity index (χ4v) is 4.67. The lowest BCUT2D eigenvalue weighted by Gasteiger charge is -2.33. The van der Waals surface area contributed by atoms with Crippen LogP contribution in [0.2, 0.25) is 0 Å². The molecule has 0 aliphatic heterocycles. The van der Waals surface area contributed by atoms with Gasteiger partial charge in [-0.2, -0.15) is 10.4 Å². The van der Waals surface area contributed by atoms with E-state index in [1.165, 1.54) is 12.1 Å². The molecule has 166 valence electrons. The van der Waals surface area contributed by atoms with E-state index in [0.29, 0.717) is 32.5 Å². The quantitative estimate of drug-likeness (QED) is 0.535. The molecule has 0 bridgehead atoms. The minimum Gasteiger partial charge on any atom is -0.392 e. The van der Waals surface area contributed by atoms with E-state index in [1.807, 2.05) is 35.1 Å². The van der Waals surface area contributed by atoms with Crippen LogP contribution in [-0.4, -0.2) is 32.5 Å². The molecule has 2 aromatic heterocycles. The maximum Gasteiger partial charge on any atom is 0.123 e. The van der Waals surface area contributed by atoms with Crippen LogP contribution < -0.4 is 5.32 Å². The Balaban J connectivity index is 1.49. The average molecular weight is 434 g/mol. The van der Waals surface area contributed by atoms with Gasteiger partial charge in [0.15, 0.2) is 0 Å². The first-order chi connectivity index (χ1) is 15.6. The lowest BCUT2D eigenvalue weighted by Crippen LogP contribution is -2.41. The van der Waals surface area contributed by atoms with Crippen molar-refractivity contribution in [2.24, 2.45) is 5.41 Å². The Morgan fingerprint density at radius 2 is 2.00 bits per heavy atom. The third-order valence-corrected chi connectivity index (χ3v) is 6.36. The van der Waals surface area contributed by atoms with Crippen LogP contribution in [-0.2, 0) is 19.5 Å². The smallest absolute Gasteiger partial charge is 0.123 e. The number of nitrogens with one attached hydrogen (secondary N) is 1. The van der Waals surface area contributed by atoms with Crippen LogP contribution in [0.1, 0.15) is 36.8 Å². The van der Waals surface area contributed by atoms with E-state index in [-0.39, 0.29) is 11.2 Å². The third-order valence-electron chi connectivity index (χ3n) is 6.36. The van der Waals surface area contributed by atoms with Gasteiger partial charge < -0.3 is 10.4 Å². The van der Waals surface area contributed by atoms with Gasteiger partial charge in [-0.25, -0.2) is 4.39 Å². The van der Waals surface area contributed by atoms with E-state index in [0.717, 1.165) is 41.6 Å². The van der Waals surface area contributed by atoms with Crippen molar-refractivity contribution < 1.29 is 9.50 Å². The summed E-state index contributed by atoms with van der Waals surface area (Å²) in [6, 6.07) is 12.6. The summed E-state index contributed by atoms with van der Waals surface area (Å²) in [5, 5.41) is 28.0. The number of hydrogen-bond acceptors (Lipinski definition) is 5. The van der Waals surface area contributed by atoms with Gasteiger partial charge >= 0.3 is 0 Å². The molecule has 0 radical (unpaired) electrons. The number of pyridine rings is 1. The zero-order chi connectivity index (χ0) is 22.4. The molecule has 2 atom stereocenters. The van der Waals surface area contributed by atoms with Gasteiger partial charge in [-0.15, -0.1) is 0 Å². The van der Waals surface area contributed by atoms with Gasteiger partial charge in [0.05, 0.1) is 30.8 Å². The average Bonchev–Trinajstić information content (AvgIpc) is 3.38. The Bertz CT molecular complexity index is 1060. The summed E-state index contributed by atoms with van der Waals surface area (Å²) in [5.74, 6) is -0.245. The number of aromatic nitrogens is 3. The van der Waals surface area contributed by atoms with Crippen LogP contribution in [0.3, 0.4) is 0 Å². The third kappa shape index (κ3) is 5.04. The molecular weight excluding hydrogens is 405 g/mol. The number of hydrogen-bond donors (Lipinski definition) is 2. The lowest BCUT2D eigenvalue weighted by atomic mass is 9.78. The molecule has 7 heteroatoms. The van der Waals surface area contributed by atoms with Crippen LogP contribution >= 0.6 is 0 Å². The lowest BCUT2D eigenvalue weighted by molar-refractivity contribution is 0.0519. The first-order valence-electron chi connectivity index (χ1n) is 11.1. The zero-order valence-electron chi connectivity index (χ0n) is 18.0. The number of aliphatic hydroxyl groups is 1. The highest BCUT2D eigenvalue weighted by Gasteiger charge is 2.41. The normalized spacial score (nSPS) is 20.3. The highest BCUT2D eigenvalue weighted by Crippen LogP contribution is 2.41. The molecule has 2 heterocycles. The molecule has 2 unspecified atom stereocenters. The van der Waals surface area contributed by atoms with Gasteiger partial charge in [0, 0.05) is 48.2 Å². The maximum absolute atomic E-state index is 13.3. The van der Waals surface area contributed by atoms with Gasteiger partial charge in [0.2, 0.25) is 0 Å². The summed E-state index contributed by atoms with van der Waals surface area (Å²) in [7, 11) is 0. The molecule has 6 nitrogen and oxygen atoms in total. The van der Waals surface area contributed by atoms with Crippen LogP contribution in [0.4, 0.5) is 4.39 Å². The first-order valence-corrected chi connectivity index (χ1v) is 11.1. The number of aryl methyl sites for hydroxylation is 1. The molecule has 1 saturated carbocycles. The summed E-state index contributed by atoms with van der Waals surface area (Å²) in [6.45, 7) is 1.80. The zero-order valence-corrected chi connectivity index (χ0v) is 18.0. The van der Waals surface area contributed by atoms with Crippen LogP contribution in [0, 0.1) is 22.6 Å². The highest BCUT2D eigenvalue weighted by atomic mass is 19.1. The summed E-state index contributed by atoms with van der Waals surface area (Å²) in [5.41, 5.74) is 3.66. The number of rotatable bonds is 9. The molecule has 0 amide bonds. The molecular formula is C25H28FN5O. The second-order valence-electron chi connectivity index (χ2n) is 8.59. The van der Waals surface area contributed by atoms with Crippen molar-refractivity contribution in [3.63, 3.8) is 0 Å². The minimum absolute atomic E-state index is 0.245. The summed E-state index contributed by atoms with van der Waals surface area (Å²) < 4.78 is 15.1. The van der Waals surface area contributed by atoms with Crippen molar-refractivity contribution >= 4 is 0 Å². The number of aliphatic hydroxyl groups excluding tert-OH is 1. The SMILES string of the molecule is N#CCCn1cc(CNCC2(Cc3ccc(F)cc3)CCCC2O)c(-c2ccncc2)n1.